The molecule has 2 heterocycles. The SMILES string of the molecule is CCNC(c1ccncc1F)c1cc(C)nn1CC. The molecule has 1 unspecified atom stereocenters. The van der Waals surface area contributed by atoms with Gasteiger partial charge < -0.3 is 5.32 Å². The number of rotatable bonds is 5. The molecule has 0 saturated carbocycles. The van der Waals surface area contributed by atoms with Crippen molar-refractivity contribution in [3.63, 3.8) is 0 Å². The minimum atomic E-state index is -0.296. The van der Waals surface area contributed by atoms with Gasteiger partial charge in [-0.3, -0.25) is 9.67 Å². The quantitative estimate of drug-likeness (QED) is 0.900. The number of halogens is 1. The van der Waals surface area contributed by atoms with Gasteiger partial charge in [-0.1, -0.05) is 6.92 Å². The first-order chi connectivity index (χ1) is 9.17. The van der Waals surface area contributed by atoms with E-state index in [-0.39, 0.29) is 11.9 Å². The summed E-state index contributed by atoms with van der Waals surface area (Å²) in [4.78, 5) is 3.80. The summed E-state index contributed by atoms with van der Waals surface area (Å²) in [5, 5.41) is 7.74. The van der Waals surface area contributed by atoms with E-state index in [9.17, 15) is 4.39 Å². The second-order valence-corrected chi connectivity index (χ2v) is 4.41. The molecule has 0 aromatic carbocycles. The molecule has 0 saturated heterocycles. The molecule has 1 atom stereocenters. The number of nitrogens with zero attached hydrogens (tertiary/aromatic N) is 3. The van der Waals surface area contributed by atoms with E-state index in [1.807, 2.05) is 31.5 Å². The monoisotopic (exact) mass is 262 g/mol. The fraction of sp³-hybridized carbons (Fsp3) is 0.429. The highest BCUT2D eigenvalue weighted by atomic mass is 19.1. The molecular formula is C14H19FN4. The summed E-state index contributed by atoms with van der Waals surface area (Å²) in [6, 6.07) is 3.51. The van der Waals surface area contributed by atoms with E-state index < -0.39 is 0 Å². The van der Waals surface area contributed by atoms with Crippen LogP contribution in [0.4, 0.5) is 4.39 Å². The number of aryl methyl sites for hydroxylation is 2. The van der Waals surface area contributed by atoms with Gasteiger partial charge in [-0.25, -0.2) is 4.39 Å². The van der Waals surface area contributed by atoms with E-state index in [0.29, 0.717) is 5.56 Å². The molecule has 0 aliphatic heterocycles. The first kappa shape index (κ1) is 13.7. The van der Waals surface area contributed by atoms with Gasteiger partial charge >= 0.3 is 0 Å². The van der Waals surface area contributed by atoms with Crippen LogP contribution >= 0.6 is 0 Å². The molecule has 0 amide bonds. The van der Waals surface area contributed by atoms with E-state index in [2.05, 4.69) is 15.4 Å². The summed E-state index contributed by atoms with van der Waals surface area (Å²) in [6.45, 7) is 7.49. The van der Waals surface area contributed by atoms with E-state index in [1.165, 1.54) is 6.20 Å². The Balaban J connectivity index is 2.48. The fourth-order valence-corrected chi connectivity index (χ4v) is 2.25. The van der Waals surface area contributed by atoms with Crippen molar-refractivity contribution in [1.82, 2.24) is 20.1 Å². The van der Waals surface area contributed by atoms with Crippen LogP contribution in [0.25, 0.3) is 0 Å². The van der Waals surface area contributed by atoms with Crippen molar-refractivity contribution in [2.75, 3.05) is 6.54 Å². The molecule has 2 aromatic rings. The summed E-state index contributed by atoms with van der Waals surface area (Å²) in [6.07, 6.45) is 2.86. The molecule has 0 aliphatic carbocycles. The Hall–Kier alpha value is -1.75. The molecule has 2 aromatic heterocycles. The third-order valence-corrected chi connectivity index (χ3v) is 3.05. The lowest BCUT2D eigenvalue weighted by Crippen LogP contribution is -2.25. The average Bonchev–Trinajstić information content (AvgIpc) is 2.78. The molecule has 5 heteroatoms. The van der Waals surface area contributed by atoms with Crippen LogP contribution < -0.4 is 5.32 Å². The van der Waals surface area contributed by atoms with Crippen LogP contribution in [0.1, 0.15) is 36.8 Å². The molecule has 0 bridgehead atoms. The van der Waals surface area contributed by atoms with Gasteiger partial charge in [0.2, 0.25) is 0 Å². The van der Waals surface area contributed by atoms with Crippen molar-refractivity contribution >= 4 is 0 Å². The van der Waals surface area contributed by atoms with Gasteiger partial charge in [0.1, 0.15) is 5.82 Å². The van der Waals surface area contributed by atoms with Gasteiger partial charge in [0, 0.05) is 18.3 Å². The summed E-state index contributed by atoms with van der Waals surface area (Å²) < 4.78 is 15.9. The molecule has 2 rings (SSSR count). The highest BCUT2D eigenvalue weighted by Gasteiger charge is 2.21. The topological polar surface area (TPSA) is 42.7 Å². The molecule has 0 fully saturated rings. The summed E-state index contributed by atoms with van der Waals surface area (Å²) in [7, 11) is 0. The van der Waals surface area contributed by atoms with Crippen LogP contribution in [0.2, 0.25) is 0 Å². The Labute approximate surface area is 112 Å². The largest absolute Gasteiger partial charge is 0.305 e. The third-order valence-electron chi connectivity index (χ3n) is 3.05. The Morgan fingerprint density at radius 3 is 2.84 bits per heavy atom. The first-order valence-corrected chi connectivity index (χ1v) is 6.54. The Kier molecular flexibility index (Phi) is 4.27. The molecule has 4 nitrogen and oxygen atoms in total. The number of aromatic nitrogens is 3. The van der Waals surface area contributed by atoms with Crippen LogP contribution in [0.15, 0.2) is 24.5 Å². The van der Waals surface area contributed by atoms with E-state index in [4.69, 9.17) is 0 Å². The predicted molar refractivity (Wildman–Crippen MR) is 72.4 cm³/mol. The predicted octanol–water partition coefficient (Wildman–Crippen LogP) is 2.44. The molecular weight excluding hydrogens is 243 g/mol. The normalized spacial score (nSPS) is 12.6. The van der Waals surface area contributed by atoms with Gasteiger partial charge in [0.15, 0.2) is 0 Å². The summed E-state index contributed by atoms with van der Waals surface area (Å²) >= 11 is 0. The lowest BCUT2D eigenvalue weighted by Gasteiger charge is -2.19. The molecule has 1 N–H and O–H groups in total. The van der Waals surface area contributed by atoms with Gasteiger partial charge in [-0.05, 0) is 32.5 Å². The average molecular weight is 262 g/mol. The molecule has 0 aliphatic rings. The second-order valence-electron chi connectivity index (χ2n) is 4.41. The minimum Gasteiger partial charge on any atom is -0.305 e. The van der Waals surface area contributed by atoms with Crippen LogP contribution in [0, 0.1) is 12.7 Å². The Morgan fingerprint density at radius 2 is 2.21 bits per heavy atom. The van der Waals surface area contributed by atoms with Crippen LogP contribution in [-0.2, 0) is 6.54 Å². The van der Waals surface area contributed by atoms with Crippen molar-refractivity contribution in [3.8, 4) is 0 Å². The first-order valence-electron chi connectivity index (χ1n) is 6.54. The Bertz CT molecular complexity index is 550. The smallest absolute Gasteiger partial charge is 0.146 e. The third kappa shape index (κ3) is 2.81. The maximum atomic E-state index is 14.0. The van der Waals surface area contributed by atoms with Crippen LogP contribution in [0.3, 0.4) is 0 Å². The second kappa shape index (κ2) is 5.93. The molecule has 0 radical (unpaired) electrons. The van der Waals surface area contributed by atoms with Gasteiger partial charge in [-0.2, -0.15) is 5.10 Å². The number of nitrogens with one attached hydrogen (secondary N) is 1. The number of hydrogen-bond acceptors (Lipinski definition) is 3. The van der Waals surface area contributed by atoms with E-state index >= 15 is 0 Å². The van der Waals surface area contributed by atoms with Crippen LogP contribution in [0.5, 0.6) is 0 Å². The highest BCUT2D eigenvalue weighted by Crippen LogP contribution is 2.24. The lowest BCUT2D eigenvalue weighted by atomic mass is 10.0. The zero-order valence-corrected chi connectivity index (χ0v) is 11.5. The molecule has 102 valence electrons. The van der Waals surface area contributed by atoms with Crippen molar-refractivity contribution < 1.29 is 4.39 Å². The van der Waals surface area contributed by atoms with Crippen molar-refractivity contribution in [2.24, 2.45) is 0 Å². The zero-order valence-electron chi connectivity index (χ0n) is 11.5. The van der Waals surface area contributed by atoms with Crippen molar-refractivity contribution in [1.29, 1.82) is 0 Å². The maximum Gasteiger partial charge on any atom is 0.146 e. The zero-order chi connectivity index (χ0) is 13.8. The Morgan fingerprint density at radius 1 is 1.42 bits per heavy atom. The summed E-state index contributed by atoms with van der Waals surface area (Å²) in [5.41, 5.74) is 2.52. The number of hydrogen-bond donors (Lipinski definition) is 1. The van der Waals surface area contributed by atoms with E-state index in [0.717, 1.165) is 24.5 Å². The van der Waals surface area contributed by atoms with E-state index in [1.54, 1.807) is 12.3 Å². The standard InChI is InChI=1S/C14H19FN4/c1-4-17-14(11-6-7-16-9-12(11)15)13-8-10(3)18-19(13)5-2/h6-9,14,17H,4-5H2,1-3H3. The van der Waals surface area contributed by atoms with Crippen LogP contribution in [-0.4, -0.2) is 21.3 Å². The summed E-state index contributed by atoms with van der Waals surface area (Å²) in [5.74, 6) is -0.296. The van der Waals surface area contributed by atoms with Gasteiger partial charge in [0.05, 0.1) is 23.6 Å². The lowest BCUT2D eigenvalue weighted by molar-refractivity contribution is 0.513. The van der Waals surface area contributed by atoms with Crippen molar-refractivity contribution in [3.05, 3.63) is 47.3 Å². The van der Waals surface area contributed by atoms with Gasteiger partial charge in [0.25, 0.3) is 0 Å². The van der Waals surface area contributed by atoms with Gasteiger partial charge in [-0.15, -0.1) is 0 Å². The number of pyridine rings is 1. The molecule has 19 heavy (non-hydrogen) atoms. The maximum absolute atomic E-state index is 14.0. The fourth-order valence-electron chi connectivity index (χ4n) is 2.25. The minimum absolute atomic E-state index is 0.200. The van der Waals surface area contributed by atoms with Crippen molar-refractivity contribution in [2.45, 2.75) is 33.4 Å². The highest BCUT2D eigenvalue weighted by molar-refractivity contribution is 5.28. The molecule has 0 spiro atoms.